The predicted octanol–water partition coefficient (Wildman–Crippen LogP) is 3.47. The van der Waals surface area contributed by atoms with Crippen LogP contribution in [0.2, 0.25) is 0 Å². The quantitative estimate of drug-likeness (QED) is 0.579. The van der Waals surface area contributed by atoms with Crippen molar-refractivity contribution in [2.45, 2.75) is 71.3 Å². The van der Waals surface area contributed by atoms with Crippen LogP contribution in [0.1, 0.15) is 65.2 Å². The summed E-state index contributed by atoms with van der Waals surface area (Å²) >= 11 is 0. The molecule has 2 heteroatoms. The van der Waals surface area contributed by atoms with Gasteiger partial charge in [-0.1, -0.05) is 13.8 Å². The van der Waals surface area contributed by atoms with Crippen molar-refractivity contribution in [3.05, 3.63) is 0 Å². The molecule has 4 aliphatic carbocycles. The molecule has 104 valence electrons. The van der Waals surface area contributed by atoms with Crippen molar-refractivity contribution < 1.29 is 0 Å². The Labute approximate surface area is 112 Å². The van der Waals surface area contributed by atoms with Gasteiger partial charge in [-0.05, 0) is 80.5 Å². The Kier molecular flexibility index (Phi) is 3.44. The first-order chi connectivity index (χ1) is 8.58. The number of hydrogen-bond acceptors (Lipinski definition) is 2. The summed E-state index contributed by atoms with van der Waals surface area (Å²) in [5.74, 6) is 9.74. The van der Waals surface area contributed by atoms with Gasteiger partial charge in [0.15, 0.2) is 0 Å². The smallest absolute Gasteiger partial charge is 0.0218 e. The summed E-state index contributed by atoms with van der Waals surface area (Å²) in [4.78, 5) is 0. The van der Waals surface area contributed by atoms with E-state index in [1.165, 1.54) is 32.1 Å². The van der Waals surface area contributed by atoms with E-state index < -0.39 is 0 Å². The van der Waals surface area contributed by atoms with Gasteiger partial charge in [-0.3, -0.25) is 11.3 Å². The van der Waals surface area contributed by atoms with Crippen LogP contribution in [0.25, 0.3) is 0 Å². The molecule has 1 unspecified atom stereocenters. The average molecular weight is 250 g/mol. The summed E-state index contributed by atoms with van der Waals surface area (Å²) < 4.78 is 0. The maximum absolute atomic E-state index is 5.80. The SMILES string of the molecule is CC(C)CC(CC12CC3CC(CC(C3)C1)C2)NN. The highest BCUT2D eigenvalue weighted by Crippen LogP contribution is 2.61. The lowest BCUT2D eigenvalue weighted by atomic mass is 9.48. The first-order valence-electron chi connectivity index (χ1n) is 8.05. The fraction of sp³-hybridized carbons (Fsp3) is 1.00. The monoisotopic (exact) mass is 250 g/mol. The Balaban J connectivity index is 1.67. The van der Waals surface area contributed by atoms with Crippen LogP contribution in [-0.4, -0.2) is 6.04 Å². The molecule has 0 aliphatic heterocycles. The first-order valence-corrected chi connectivity index (χ1v) is 8.05. The van der Waals surface area contributed by atoms with E-state index in [4.69, 9.17) is 5.84 Å². The number of nitrogens with one attached hydrogen (secondary N) is 1. The van der Waals surface area contributed by atoms with Crippen molar-refractivity contribution in [1.82, 2.24) is 5.43 Å². The van der Waals surface area contributed by atoms with Gasteiger partial charge in [0.1, 0.15) is 0 Å². The molecule has 4 rings (SSSR count). The zero-order chi connectivity index (χ0) is 12.8. The fourth-order valence-corrected chi connectivity index (χ4v) is 5.84. The Morgan fingerprint density at radius 3 is 1.94 bits per heavy atom. The van der Waals surface area contributed by atoms with Crippen molar-refractivity contribution in [2.24, 2.45) is 34.9 Å². The highest BCUT2D eigenvalue weighted by Gasteiger charge is 2.51. The van der Waals surface area contributed by atoms with Gasteiger partial charge < -0.3 is 0 Å². The Morgan fingerprint density at radius 2 is 1.56 bits per heavy atom. The van der Waals surface area contributed by atoms with E-state index in [2.05, 4.69) is 19.3 Å². The zero-order valence-corrected chi connectivity index (χ0v) is 12.1. The molecule has 4 bridgehead atoms. The summed E-state index contributed by atoms with van der Waals surface area (Å²) in [7, 11) is 0. The number of rotatable bonds is 5. The van der Waals surface area contributed by atoms with Gasteiger partial charge >= 0.3 is 0 Å². The highest BCUT2D eigenvalue weighted by molar-refractivity contribution is 5.02. The standard InChI is InChI=1S/C16H30N2/c1-11(2)3-15(18-17)10-16-7-12-4-13(8-16)6-14(5-12)9-16/h11-15,18H,3-10,17H2,1-2H3. The molecule has 18 heavy (non-hydrogen) atoms. The molecule has 4 fully saturated rings. The largest absolute Gasteiger partial charge is 0.271 e. The second-order valence-electron chi connectivity index (χ2n) is 8.11. The molecule has 1 atom stereocenters. The Bertz CT molecular complexity index is 262. The molecular weight excluding hydrogens is 220 g/mol. The van der Waals surface area contributed by atoms with Crippen LogP contribution in [0.15, 0.2) is 0 Å². The number of hydrogen-bond donors (Lipinski definition) is 2. The lowest BCUT2D eigenvalue weighted by Gasteiger charge is -2.57. The van der Waals surface area contributed by atoms with Crippen molar-refractivity contribution in [3.63, 3.8) is 0 Å². The second-order valence-corrected chi connectivity index (χ2v) is 8.11. The molecule has 0 aromatic carbocycles. The lowest BCUT2D eigenvalue weighted by molar-refractivity contribution is -0.0628. The van der Waals surface area contributed by atoms with E-state index in [1.807, 2.05) is 0 Å². The van der Waals surface area contributed by atoms with E-state index in [9.17, 15) is 0 Å². The summed E-state index contributed by atoms with van der Waals surface area (Å²) in [6, 6.07) is 0.543. The van der Waals surface area contributed by atoms with Crippen LogP contribution in [0.4, 0.5) is 0 Å². The Morgan fingerprint density at radius 1 is 1.06 bits per heavy atom. The van der Waals surface area contributed by atoms with Gasteiger partial charge in [-0.15, -0.1) is 0 Å². The minimum Gasteiger partial charge on any atom is -0.271 e. The highest BCUT2D eigenvalue weighted by atomic mass is 15.2. The summed E-state index contributed by atoms with van der Waals surface area (Å²) in [5, 5.41) is 0. The molecule has 4 saturated carbocycles. The molecular formula is C16H30N2. The molecule has 2 nitrogen and oxygen atoms in total. The molecule has 0 heterocycles. The van der Waals surface area contributed by atoms with Gasteiger partial charge in [-0.2, -0.15) is 0 Å². The first kappa shape index (κ1) is 12.9. The second kappa shape index (κ2) is 4.79. The normalized spacial score (nSPS) is 43.7. The van der Waals surface area contributed by atoms with E-state index in [1.54, 1.807) is 19.3 Å². The third-order valence-corrected chi connectivity index (χ3v) is 5.84. The van der Waals surface area contributed by atoms with Crippen LogP contribution in [0, 0.1) is 29.1 Å². The molecule has 0 saturated heterocycles. The lowest BCUT2D eigenvalue weighted by Crippen LogP contribution is -2.50. The molecule has 0 aromatic heterocycles. The van der Waals surface area contributed by atoms with E-state index in [0.717, 1.165) is 23.7 Å². The Hall–Kier alpha value is -0.0800. The van der Waals surface area contributed by atoms with Crippen molar-refractivity contribution in [1.29, 1.82) is 0 Å². The van der Waals surface area contributed by atoms with Gasteiger partial charge in [0.2, 0.25) is 0 Å². The van der Waals surface area contributed by atoms with Crippen LogP contribution >= 0.6 is 0 Å². The van der Waals surface area contributed by atoms with Crippen LogP contribution < -0.4 is 11.3 Å². The molecule has 0 aromatic rings. The molecule has 4 aliphatic rings. The van der Waals surface area contributed by atoms with Gasteiger partial charge in [0, 0.05) is 6.04 Å². The fourth-order valence-electron chi connectivity index (χ4n) is 5.84. The van der Waals surface area contributed by atoms with Gasteiger partial charge in [0.05, 0.1) is 0 Å². The third-order valence-electron chi connectivity index (χ3n) is 5.84. The number of hydrazine groups is 1. The van der Waals surface area contributed by atoms with Crippen LogP contribution in [0.5, 0.6) is 0 Å². The summed E-state index contributed by atoms with van der Waals surface area (Å²) in [6.07, 6.45) is 11.7. The summed E-state index contributed by atoms with van der Waals surface area (Å²) in [6.45, 7) is 4.62. The minimum atomic E-state index is 0.543. The predicted molar refractivity (Wildman–Crippen MR) is 75.8 cm³/mol. The minimum absolute atomic E-state index is 0.543. The molecule has 0 spiro atoms. The van der Waals surface area contributed by atoms with Crippen LogP contribution in [0.3, 0.4) is 0 Å². The third kappa shape index (κ3) is 2.46. The average Bonchev–Trinajstić information content (AvgIpc) is 2.25. The molecule has 0 radical (unpaired) electrons. The van der Waals surface area contributed by atoms with Crippen molar-refractivity contribution in [2.75, 3.05) is 0 Å². The molecule has 3 N–H and O–H groups in total. The van der Waals surface area contributed by atoms with E-state index in [-0.39, 0.29) is 0 Å². The molecule has 0 amide bonds. The maximum atomic E-state index is 5.80. The van der Waals surface area contributed by atoms with Gasteiger partial charge in [0.25, 0.3) is 0 Å². The van der Waals surface area contributed by atoms with E-state index >= 15 is 0 Å². The maximum Gasteiger partial charge on any atom is 0.0218 e. The topological polar surface area (TPSA) is 38.0 Å². The number of nitrogens with two attached hydrogens (primary N) is 1. The van der Waals surface area contributed by atoms with Gasteiger partial charge in [-0.25, -0.2) is 0 Å². The van der Waals surface area contributed by atoms with Crippen molar-refractivity contribution >= 4 is 0 Å². The van der Waals surface area contributed by atoms with Crippen molar-refractivity contribution in [3.8, 4) is 0 Å². The zero-order valence-electron chi connectivity index (χ0n) is 12.1. The summed E-state index contributed by atoms with van der Waals surface area (Å²) in [5.41, 5.74) is 3.78. The van der Waals surface area contributed by atoms with Crippen LogP contribution in [-0.2, 0) is 0 Å². The van der Waals surface area contributed by atoms with E-state index in [0.29, 0.717) is 11.5 Å².